The number of carbonyl (C=O) groups excluding carboxylic acids is 1. The van der Waals surface area contributed by atoms with E-state index in [9.17, 15) is 13.2 Å². The van der Waals surface area contributed by atoms with E-state index in [-0.39, 0.29) is 16.8 Å². The van der Waals surface area contributed by atoms with Crippen LogP contribution in [0, 0.1) is 6.92 Å². The van der Waals surface area contributed by atoms with Crippen LogP contribution in [0.2, 0.25) is 0 Å². The third kappa shape index (κ3) is 4.78. The molecule has 0 saturated heterocycles. The van der Waals surface area contributed by atoms with Crippen LogP contribution in [0.1, 0.15) is 33.5 Å². The largest absolute Gasteiger partial charge is 0.497 e. The van der Waals surface area contributed by atoms with Crippen molar-refractivity contribution in [3.8, 4) is 5.75 Å². The number of amides is 1. The van der Waals surface area contributed by atoms with Crippen molar-refractivity contribution in [3.63, 3.8) is 0 Å². The molecule has 6 nitrogen and oxygen atoms in total. The highest BCUT2D eigenvalue weighted by Crippen LogP contribution is 2.23. The monoisotopic (exact) mass is 450 g/mol. The third-order valence-electron chi connectivity index (χ3n) is 5.79. The van der Waals surface area contributed by atoms with E-state index in [1.807, 2.05) is 12.1 Å². The van der Waals surface area contributed by atoms with Crippen molar-refractivity contribution in [3.05, 3.63) is 89.0 Å². The number of fused-ring (bicyclic) bond motifs is 1. The number of ether oxygens (including phenoxy) is 1. The first kappa shape index (κ1) is 21.9. The molecule has 7 heteroatoms. The van der Waals surface area contributed by atoms with Crippen molar-refractivity contribution in [1.29, 1.82) is 0 Å². The number of hydrogen-bond donors (Lipinski definition) is 2. The number of nitrogens with one attached hydrogen (secondary N) is 2. The second kappa shape index (κ2) is 9.04. The van der Waals surface area contributed by atoms with E-state index in [4.69, 9.17) is 4.74 Å². The number of rotatable bonds is 6. The van der Waals surface area contributed by atoms with Gasteiger partial charge in [0, 0.05) is 17.3 Å². The summed E-state index contributed by atoms with van der Waals surface area (Å²) in [6, 6.07) is 19.5. The minimum Gasteiger partial charge on any atom is -0.497 e. The van der Waals surface area contributed by atoms with Crippen LogP contribution < -0.4 is 14.8 Å². The molecule has 0 spiro atoms. The highest BCUT2D eigenvalue weighted by molar-refractivity contribution is 7.92. The quantitative estimate of drug-likeness (QED) is 0.592. The van der Waals surface area contributed by atoms with Crippen molar-refractivity contribution >= 4 is 21.6 Å². The predicted octanol–water partition coefficient (Wildman–Crippen LogP) is 4.09. The Hall–Kier alpha value is -3.32. The van der Waals surface area contributed by atoms with Crippen molar-refractivity contribution in [1.82, 2.24) is 5.32 Å². The maximum Gasteiger partial charge on any atom is 0.261 e. The van der Waals surface area contributed by atoms with Crippen molar-refractivity contribution in [2.75, 3.05) is 11.8 Å². The van der Waals surface area contributed by atoms with Gasteiger partial charge < -0.3 is 10.1 Å². The van der Waals surface area contributed by atoms with Gasteiger partial charge in [0.15, 0.2) is 0 Å². The molecule has 1 aliphatic rings. The van der Waals surface area contributed by atoms with Crippen LogP contribution in [-0.2, 0) is 22.9 Å². The zero-order valence-electron chi connectivity index (χ0n) is 18.1. The number of hydrogen-bond acceptors (Lipinski definition) is 4. The molecule has 32 heavy (non-hydrogen) atoms. The molecular formula is C25H26N2O4S. The van der Waals surface area contributed by atoms with Crippen LogP contribution in [-0.4, -0.2) is 27.5 Å². The number of carbonyl (C=O) groups is 1. The average Bonchev–Trinajstić information content (AvgIpc) is 2.79. The first-order valence-corrected chi connectivity index (χ1v) is 12.0. The topological polar surface area (TPSA) is 84.5 Å². The molecule has 3 aromatic carbocycles. The Morgan fingerprint density at radius 2 is 1.72 bits per heavy atom. The molecule has 3 aromatic rings. The SMILES string of the molecule is COc1ccc(NS(=O)(=O)c2ccc(C)c(C(=O)NC3CCc4ccccc4C3)c2)cc1. The van der Waals surface area contributed by atoms with Gasteiger partial charge in [-0.1, -0.05) is 30.3 Å². The molecule has 0 saturated carbocycles. The molecular weight excluding hydrogens is 424 g/mol. The summed E-state index contributed by atoms with van der Waals surface area (Å²) in [4.78, 5) is 13.1. The van der Waals surface area contributed by atoms with E-state index >= 15 is 0 Å². The molecule has 1 amide bonds. The van der Waals surface area contributed by atoms with E-state index in [2.05, 4.69) is 22.2 Å². The molecule has 0 aromatic heterocycles. The summed E-state index contributed by atoms with van der Waals surface area (Å²) in [7, 11) is -2.30. The summed E-state index contributed by atoms with van der Waals surface area (Å²) < 4.78 is 33.4. The number of benzene rings is 3. The molecule has 1 atom stereocenters. The summed E-state index contributed by atoms with van der Waals surface area (Å²) in [5.74, 6) is 0.376. The first-order chi connectivity index (χ1) is 15.4. The van der Waals surface area contributed by atoms with Crippen LogP contribution in [0.15, 0.2) is 71.6 Å². The van der Waals surface area contributed by atoms with Gasteiger partial charge in [0.05, 0.1) is 12.0 Å². The highest BCUT2D eigenvalue weighted by atomic mass is 32.2. The van der Waals surface area contributed by atoms with Gasteiger partial charge in [-0.05, 0) is 79.3 Å². The maximum absolute atomic E-state index is 13.0. The van der Waals surface area contributed by atoms with Gasteiger partial charge in [-0.15, -0.1) is 0 Å². The zero-order valence-corrected chi connectivity index (χ0v) is 18.9. The Labute approximate surface area is 188 Å². The van der Waals surface area contributed by atoms with E-state index in [1.54, 1.807) is 44.4 Å². The molecule has 2 N–H and O–H groups in total. The molecule has 0 aliphatic heterocycles. The second-order valence-corrected chi connectivity index (χ2v) is 9.68. The highest BCUT2D eigenvalue weighted by Gasteiger charge is 2.23. The molecule has 0 radical (unpaired) electrons. The predicted molar refractivity (Wildman–Crippen MR) is 125 cm³/mol. The lowest BCUT2D eigenvalue weighted by Gasteiger charge is -2.25. The molecule has 166 valence electrons. The van der Waals surface area contributed by atoms with E-state index in [1.165, 1.54) is 23.3 Å². The fourth-order valence-electron chi connectivity index (χ4n) is 3.97. The van der Waals surface area contributed by atoms with Gasteiger partial charge in [0.1, 0.15) is 5.75 Å². The summed E-state index contributed by atoms with van der Waals surface area (Å²) in [6.45, 7) is 1.80. The Morgan fingerprint density at radius 1 is 1.00 bits per heavy atom. The summed E-state index contributed by atoms with van der Waals surface area (Å²) in [5.41, 5.74) is 4.08. The molecule has 1 aliphatic carbocycles. The van der Waals surface area contributed by atoms with Crippen molar-refractivity contribution < 1.29 is 17.9 Å². The van der Waals surface area contributed by atoms with E-state index in [0.717, 1.165) is 24.8 Å². The number of sulfonamides is 1. The summed E-state index contributed by atoms with van der Waals surface area (Å²) in [5, 5.41) is 3.09. The third-order valence-corrected chi connectivity index (χ3v) is 7.17. The fourth-order valence-corrected chi connectivity index (χ4v) is 5.05. The Kier molecular flexibility index (Phi) is 6.19. The standard InChI is InChI=1S/C25H26N2O4S/c1-17-7-14-23(32(29,30)27-20-10-12-22(31-2)13-11-20)16-24(17)25(28)26-21-9-8-18-5-3-4-6-19(18)15-21/h3-7,10-14,16,21,27H,8-9,15H2,1-2H3,(H,26,28). The molecule has 0 fully saturated rings. The minimum absolute atomic E-state index is 0.0227. The summed E-state index contributed by atoms with van der Waals surface area (Å²) in [6.07, 6.45) is 2.55. The van der Waals surface area contributed by atoms with Gasteiger partial charge in [0.25, 0.3) is 15.9 Å². The Balaban J connectivity index is 1.51. The number of methoxy groups -OCH3 is 1. The lowest BCUT2D eigenvalue weighted by molar-refractivity contribution is 0.0933. The van der Waals surface area contributed by atoms with Crippen molar-refractivity contribution in [2.24, 2.45) is 0 Å². The minimum atomic E-state index is -3.85. The van der Waals surface area contributed by atoms with E-state index in [0.29, 0.717) is 17.0 Å². The second-order valence-electron chi connectivity index (χ2n) is 7.99. The normalized spacial score (nSPS) is 15.5. The van der Waals surface area contributed by atoms with Gasteiger partial charge in [-0.3, -0.25) is 9.52 Å². The zero-order chi connectivity index (χ0) is 22.7. The summed E-state index contributed by atoms with van der Waals surface area (Å²) >= 11 is 0. The first-order valence-electron chi connectivity index (χ1n) is 10.5. The molecule has 0 heterocycles. The fraction of sp³-hybridized carbons (Fsp3) is 0.240. The van der Waals surface area contributed by atoms with Gasteiger partial charge >= 0.3 is 0 Å². The lowest BCUT2D eigenvalue weighted by atomic mass is 9.88. The Morgan fingerprint density at radius 3 is 2.44 bits per heavy atom. The average molecular weight is 451 g/mol. The van der Waals surface area contributed by atoms with Gasteiger partial charge in [-0.25, -0.2) is 8.42 Å². The molecule has 4 rings (SSSR count). The van der Waals surface area contributed by atoms with Crippen LogP contribution in [0.4, 0.5) is 5.69 Å². The Bertz CT molecular complexity index is 1240. The smallest absolute Gasteiger partial charge is 0.261 e. The van der Waals surface area contributed by atoms with Crippen LogP contribution in [0.3, 0.4) is 0 Å². The van der Waals surface area contributed by atoms with Gasteiger partial charge in [-0.2, -0.15) is 0 Å². The van der Waals surface area contributed by atoms with E-state index < -0.39 is 10.0 Å². The number of anilines is 1. The number of aryl methyl sites for hydroxylation is 2. The van der Waals surface area contributed by atoms with Crippen LogP contribution >= 0.6 is 0 Å². The van der Waals surface area contributed by atoms with Gasteiger partial charge in [0.2, 0.25) is 0 Å². The van der Waals surface area contributed by atoms with Crippen molar-refractivity contribution in [2.45, 2.75) is 37.1 Å². The van der Waals surface area contributed by atoms with Crippen LogP contribution in [0.5, 0.6) is 5.75 Å². The maximum atomic E-state index is 13.0. The molecule has 0 bridgehead atoms. The lowest BCUT2D eigenvalue weighted by Crippen LogP contribution is -2.39. The molecule has 1 unspecified atom stereocenters. The van der Waals surface area contributed by atoms with Crippen LogP contribution in [0.25, 0.3) is 0 Å².